The molecule has 0 fully saturated rings. The van der Waals surface area contributed by atoms with E-state index in [0.29, 0.717) is 23.9 Å². The quantitative estimate of drug-likeness (QED) is 0.723. The number of urea groups is 1. The molecular formula is C19H24N4O5. The van der Waals surface area contributed by atoms with Crippen LogP contribution in [0.1, 0.15) is 38.2 Å². The van der Waals surface area contributed by atoms with Crippen LogP contribution in [0, 0.1) is 5.92 Å². The molecule has 0 aliphatic heterocycles. The molecule has 0 aliphatic rings. The van der Waals surface area contributed by atoms with E-state index >= 15 is 0 Å². The van der Waals surface area contributed by atoms with Crippen molar-refractivity contribution >= 4 is 28.7 Å². The number of imide groups is 1. The van der Waals surface area contributed by atoms with Crippen molar-refractivity contribution in [3.05, 3.63) is 40.3 Å². The molecule has 1 aromatic carbocycles. The Balaban J connectivity index is 2.32. The predicted octanol–water partition coefficient (Wildman–Crippen LogP) is 1.44. The van der Waals surface area contributed by atoms with Crippen molar-refractivity contribution < 1.29 is 19.1 Å². The van der Waals surface area contributed by atoms with E-state index < -0.39 is 24.0 Å². The SMILES string of the molecule is CCNC(=O)NC(=O)[C@H](C)OC(=O)c1nn(CC(C)C)c(=O)c2ccccc12. The van der Waals surface area contributed by atoms with Gasteiger partial charge in [0.15, 0.2) is 11.8 Å². The Morgan fingerprint density at radius 2 is 1.79 bits per heavy atom. The van der Waals surface area contributed by atoms with E-state index in [0.717, 1.165) is 0 Å². The highest BCUT2D eigenvalue weighted by Gasteiger charge is 2.24. The summed E-state index contributed by atoms with van der Waals surface area (Å²) in [5, 5.41) is 9.33. The highest BCUT2D eigenvalue weighted by atomic mass is 16.5. The molecule has 1 heterocycles. The van der Waals surface area contributed by atoms with Gasteiger partial charge in [0.25, 0.3) is 11.5 Å². The summed E-state index contributed by atoms with van der Waals surface area (Å²) in [6.07, 6.45) is -1.22. The number of benzene rings is 1. The fraction of sp³-hybridized carbons (Fsp3) is 0.421. The number of amides is 3. The second-order valence-electron chi connectivity index (χ2n) is 6.67. The normalized spacial score (nSPS) is 11.9. The molecule has 3 amide bonds. The fourth-order valence-corrected chi connectivity index (χ4v) is 2.54. The molecule has 150 valence electrons. The van der Waals surface area contributed by atoms with Crippen LogP contribution in [0.15, 0.2) is 29.1 Å². The highest BCUT2D eigenvalue weighted by molar-refractivity contribution is 6.03. The molecule has 2 aromatic rings. The van der Waals surface area contributed by atoms with Gasteiger partial charge in [-0.2, -0.15) is 5.10 Å². The zero-order valence-electron chi connectivity index (χ0n) is 16.3. The smallest absolute Gasteiger partial charge is 0.360 e. The number of nitrogens with one attached hydrogen (secondary N) is 2. The van der Waals surface area contributed by atoms with Crippen LogP contribution in [-0.4, -0.2) is 40.3 Å². The van der Waals surface area contributed by atoms with Gasteiger partial charge in [-0.25, -0.2) is 14.3 Å². The van der Waals surface area contributed by atoms with Gasteiger partial charge in [-0.15, -0.1) is 0 Å². The number of hydrogen-bond donors (Lipinski definition) is 2. The first kappa shape index (κ1) is 21.1. The van der Waals surface area contributed by atoms with E-state index in [4.69, 9.17) is 4.74 Å². The molecule has 0 aliphatic carbocycles. The van der Waals surface area contributed by atoms with Crippen molar-refractivity contribution in [2.75, 3.05) is 6.54 Å². The summed E-state index contributed by atoms with van der Waals surface area (Å²) in [5.74, 6) is -1.48. The minimum absolute atomic E-state index is 0.0616. The monoisotopic (exact) mass is 388 g/mol. The van der Waals surface area contributed by atoms with Crippen LogP contribution >= 0.6 is 0 Å². The maximum Gasteiger partial charge on any atom is 0.360 e. The van der Waals surface area contributed by atoms with Gasteiger partial charge in [-0.05, 0) is 25.8 Å². The summed E-state index contributed by atoms with van der Waals surface area (Å²) in [6.45, 7) is 7.58. The molecule has 2 N–H and O–H groups in total. The Morgan fingerprint density at radius 1 is 1.14 bits per heavy atom. The minimum atomic E-state index is -1.22. The van der Waals surface area contributed by atoms with Gasteiger partial charge in [-0.1, -0.05) is 32.0 Å². The topological polar surface area (TPSA) is 119 Å². The lowest BCUT2D eigenvalue weighted by molar-refractivity contribution is -0.127. The van der Waals surface area contributed by atoms with Crippen molar-refractivity contribution in [3.8, 4) is 0 Å². The summed E-state index contributed by atoms with van der Waals surface area (Å²) in [4.78, 5) is 48.7. The summed E-state index contributed by atoms with van der Waals surface area (Å²) in [5.41, 5.74) is -0.364. The third-order valence-electron chi connectivity index (χ3n) is 3.83. The third-order valence-corrected chi connectivity index (χ3v) is 3.83. The van der Waals surface area contributed by atoms with E-state index in [1.165, 1.54) is 11.6 Å². The number of nitrogens with zero attached hydrogens (tertiary/aromatic N) is 2. The summed E-state index contributed by atoms with van der Waals surface area (Å²) in [6, 6.07) is 5.90. The lowest BCUT2D eigenvalue weighted by Crippen LogP contribution is -2.44. The number of aromatic nitrogens is 2. The van der Waals surface area contributed by atoms with Crippen molar-refractivity contribution in [2.45, 2.75) is 40.3 Å². The van der Waals surface area contributed by atoms with Crippen LogP contribution in [0.2, 0.25) is 0 Å². The molecule has 0 radical (unpaired) electrons. The van der Waals surface area contributed by atoms with Gasteiger partial charge in [0, 0.05) is 18.5 Å². The van der Waals surface area contributed by atoms with Gasteiger partial charge in [0.2, 0.25) is 0 Å². The maximum atomic E-state index is 12.7. The Morgan fingerprint density at radius 3 is 2.39 bits per heavy atom. The van der Waals surface area contributed by atoms with Crippen LogP contribution in [0.5, 0.6) is 0 Å². The van der Waals surface area contributed by atoms with Crippen molar-refractivity contribution in [1.82, 2.24) is 20.4 Å². The molecule has 1 atom stereocenters. The molecule has 2 rings (SSSR count). The zero-order chi connectivity index (χ0) is 20.8. The molecule has 0 saturated heterocycles. The van der Waals surface area contributed by atoms with E-state index in [-0.39, 0.29) is 17.2 Å². The second kappa shape index (κ2) is 9.12. The van der Waals surface area contributed by atoms with Crippen LogP contribution in [0.25, 0.3) is 10.8 Å². The molecule has 0 bridgehead atoms. The number of hydrogen-bond acceptors (Lipinski definition) is 6. The molecule has 0 unspecified atom stereocenters. The first-order chi connectivity index (χ1) is 13.2. The summed E-state index contributed by atoms with van der Waals surface area (Å²) < 4.78 is 6.40. The van der Waals surface area contributed by atoms with Crippen LogP contribution in [0.3, 0.4) is 0 Å². The Hall–Kier alpha value is -3.23. The Labute approximate surface area is 162 Å². The highest BCUT2D eigenvalue weighted by Crippen LogP contribution is 2.15. The lowest BCUT2D eigenvalue weighted by Gasteiger charge is -2.15. The predicted molar refractivity (Wildman–Crippen MR) is 103 cm³/mol. The average Bonchev–Trinajstić information content (AvgIpc) is 2.63. The summed E-state index contributed by atoms with van der Waals surface area (Å²) >= 11 is 0. The first-order valence-corrected chi connectivity index (χ1v) is 9.04. The third kappa shape index (κ3) is 4.93. The summed E-state index contributed by atoms with van der Waals surface area (Å²) in [7, 11) is 0. The number of carbonyl (C=O) groups is 3. The molecule has 1 aromatic heterocycles. The largest absolute Gasteiger partial charge is 0.448 e. The number of fused-ring (bicyclic) bond motifs is 1. The molecule has 0 saturated carbocycles. The number of ether oxygens (including phenoxy) is 1. The van der Waals surface area contributed by atoms with Gasteiger partial charge < -0.3 is 10.1 Å². The molecular weight excluding hydrogens is 364 g/mol. The molecule has 9 heteroatoms. The van der Waals surface area contributed by atoms with Crippen molar-refractivity contribution in [3.63, 3.8) is 0 Å². The van der Waals surface area contributed by atoms with Crippen LogP contribution in [-0.2, 0) is 16.1 Å². The van der Waals surface area contributed by atoms with Gasteiger partial charge in [0.1, 0.15) is 0 Å². The number of rotatable bonds is 6. The van der Waals surface area contributed by atoms with E-state index in [1.54, 1.807) is 31.2 Å². The first-order valence-electron chi connectivity index (χ1n) is 9.04. The van der Waals surface area contributed by atoms with Gasteiger partial charge in [-0.3, -0.25) is 14.9 Å². The maximum absolute atomic E-state index is 12.7. The number of esters is 1. The van der Waals surface area contributed by atoms with Gasteiger partial charge in [0.05, 0.1) is 5.39 Å². The molecule has 9 nitrogen and oxygen atoms in total. The Bertz CT molecular complexity index is 951. The molecule has 28 heavy (non-hydrogen) atoms. The molecule has 0 spiro atoms. The minimum Gasteiger partial charge on any atom is -0.448 e. The average molecular weight is 388 g/mol. The second-order valence-corrected chi connectivity index (χ2v) is 6.67. The number of carbonyl (C=O) groups excluding carboxylic acids is 3. The van der Waals surface area contributed by atoms with Crippen LogP contribution in [0.4, 0.5) is 4.79 Å². The van der Waals surface area contributed by atoms with Crippen LogP contribution < -0.4 is 16.2 Å². The van der Waals surface area contributed by atoms with E-state index in [9.17, 15) is 19.2 Å². The lowest BCUT2D eigenvalue weighted by atomic mass is 10.1. The van der Waals surface area contributed by atoms with E-state index in [2.05, 4.69) is 15.7 Å². The standard InChI is InChI=1S/C19H24N4O5/c1-5-20-19(27)21-16(24)12(4)28-18(26)15-13-8-6-7-9-14(13)17(25)23(22-15)10-11(2)3/h6-9,11-12H,5,10H2,1-4H3,(H2,20,21,24,27)/t12-/m0/s1. The van der Waals surface area contributed by atoms with E-state index in [1.807, 2.05) is 13.8 Å². The fourth-order valence-electron chi connectivity index (χ4n) is 2.54. The zero-order valence-corrected chi connectivity index (χ0v) is 16.3. The van der Waals surface area contributed by atoms with Gasteiger partial charge >= 0.3 is 12.0 Å². The van der Waals surface area contributed by atoms with Crippen molar-refractivity contribution in [1.29, 1.82) is 0 Å². The van der Waals surface area contributed by atoms with Crippen molar-refractivity contribution in [2.24, 2.45) is 5.92 Å². The Kier molecular flexibility index (Phi) is 6.86.